The van der Waals surface area contributed by atoms with Crippen molar-refractivity contribution in [3.8, 4) is 5.75 Å². The Labute approximate surface area is 143 Å². The Morgan fingerprint density at radius 3 is 2.24 bits per heavy atom. The molecule has 2 saturated carbocycles. The van der Waals surface area contributed by atoms with Crippen molar-refractivity contribution in [1.29, 1.82) is 0 Å². The number of allylic oxidation sites excluding steroid dienone is 2. The monoisotopic (exact) mass is 340 g/mol. The molecular formula is C18H16N2O5. The molecule has 4 aliphatic rings. The number of anilines is 1. The first-order valence-corrected chi connectivity index (χ1v) is 8.38. The molecule has 7 heteroatoms. The molecule has 1 aliphatic heterocycles. The standard InChI is InChI=1S/C18H16N2O5/c1-25-9-2-5-12(13(8-9)20(23)24)19-16(21)14-10-3-4-11(15(14)17(19)22)18(10)6-7-18/h2-5,8,10-11,14-15H,6-7H2,1H3/t10-,11-,14-,15-/m0/s1. The second-order valence-electron chi connectivity index (χ2n) is 7.34. The summed E-state index contributed by atoms with van der Waals surface area (Å²) >= 11 is 0. The van der Waals surface area contributed by atoms with Gasteiger partial charge in [-0.15, -0.1) is 0 Å². The van der Waals surface area contributed by atoms with Crippen LogP contribution in [0.15, 0.2) is 30.4 Å². The van der Waals surface area contributed by atoms with E-state index in [-0.39, 0.29) is 52.3 Å². The number of ether oxygens (including phenoxy) is 1. The van der Waals surface area contributed by atoms with Gasteiger partial charge in [0.1, 0.15) is 11.4 Å². The number of carbonyl (C=O) groups excluding carboxylic acids is 2. The molecule has 1 spiro atoms. The third-order valence-corrected chi connectivity index (χ3v) is 6.47. The first kappa shape index (κ1) is 14.6. The van der Waals surface area contributed by atoms with Crippen LogP contribution in [-0.2, 0) is 9.59 Å². The first-order chi connectivity index (χ1) is 12.0. The van der Waals surface area contributed by atoms with Crippen LogP contribution >= 0.6 is 0 Å². The highest BCUT2D eigenvalue weighted by Crippen LogP contribution is 2.73. The predicted molar refractivity (Wildman–Crippen MR) is 86.9 cm³/mol. The summed E-state index contributed by atoms with van der Waals surface area (Å²) in [6.07, 6.45) is 6.28. The second-order valence-corrected chi connectivity index (χ2v) is 7.34. The Balaban J connectivity index is 1.59. The van der Waals surface area contributed by atoms with Gasteiger partial charge in [0, 0.05) is 0 Å². The zero-order chi connectivity index (χ0) is 17.5. The average molecular weight is 340 g/mol. The predicted octanol–water partition coefficient (Wildman–Crippen LogP) is 2.30. The molecule has 7 nitrogen and oxygen atoms in total. The number of methoxy groups -OCH3 is 1. The van der Waals surface area contributed by atoms with E-state index in [9.17, 15) is 19.7 Å². The topological polar surface area (TPSA) is 89.8 Å². The molecule has 0 aromatic heterocycles. The van der Waals surface area contributed by atoms with Crippen molar-refractivity contribution >= 4 is 23.2 Å². The van der Waals surface area contributed by atoms with Crippen LogP contribution in [0.3, 0.4) is 0 Å². The number of fused-ring (bicyclic) bond motifs is 3. The van der Waals surface area contributed by atoms with Crippen molar-refractivity contribution in [3.63, 3.8) is 0 Å². The summed E-state index contributed by atoms with van der Waals surface area (Å²) in [7, 11) is 1.41. The fourth-order valence-corrected chi connectivity index (χ4v) is 5.28. The first-order valence-electron chi connectivity index (χ1n) is 8.38. The van der Waals surface area contributed by atoms with E-state index in [0.29, 0.717) is 5.75 Å². The van der Waals surface area contributed by atoms with Crippen molar-refractivity contribution in [3.05, 3.63) is 40.5 Å². The second kappa shape index (κ2) is 4.47. The largest absolute Gasteiger partial charge is 0.496 e. The fourth-order valence-electron chi connectivity index (χ4n) is 5.28. The molecule has 25 heavy (non-hydrogen) atoms. The highest BCUT2D eigenvalue weighted by Gasteiger charge is 2.73. The maximum atomic E-state index is 13.0. The molecule has 4 atom stereocenters. The van der Waals surface area contributed by atoms with E-state index in [1.54, 1.807) is 0 Å². The number of benzene rings is 1. The number of nitrogens with zero attached hydrogens (tertiary/aromatic N) is 2. The van der Waals surface area contributed by atoms with Crippen LogP contribution in [0.5, 0.6) is 5.75 Å². The van der Waals surface area contributed by atoms with Crippen LogP contribution in [0, 0.1) is 39.2 Å². The van der Waals surface area contributed by atoms with Gasteiger partial charge in [0.05, 0.1) is 29.9 Å². The van der Waals surface area contributed by atoms with Crippen LogP contribution in [0.25, 0.3) is 0 Å². The SMILES string of the molecule is COc1ccc(N2C(=O)[C@@H]3[C@@H](C2=O)[C@@H]2C=C[C@@H]3C23CC3)c([N+](=O)[O-])c1. The lowest BCUT2D eigenvalue weighted by atomic mass is 9.85. The molecular weight excluding hydrogens is 324 g/mol. The molecule has 1 heterocycles. The third kappa shape index (κ3) is 1.61. The number of hydrogen-bond donors (Lipinski definition) is 0. The minimum absolute atomic E-state index is 0.0412. The van der Waals surface area contributed by atoms with Gasteiger partial charge in [-0.3, -0.25) is 19.7 Å². The summed E-state index contributed by atoms with van der Waals surface area (Å²) in [6, 6.07) is 4.21. The smallest absolute Gasteiger partial charge is 0.297 e. The normalized spacial score (nSPS) is 33.2. The van der Waals surface area contributed by atoms with Crippen LogP contribution in [0.1, 0.15) is 12.8 Å². The van der Waals surface area contributed by atoms with E-state index < -0.39 is 4.92 Å². The average Bonchev–Trinajstić information content (AvgIpc) is 3.20. The van der Waals surface area contributed by atoms with Gasteiger partial charge in [0.25, 0.3) is 5.69 Å². The lowest BCUT2D eigenvalue weighted by Gasteiger charge is -2.21. The van der Waals surface area contributed by atoms with Crippen molar-refractivity contribution in [2.75, 3.05) is 12.0 Å². The Kier molecular flexibility index (Phi) is 2.62. The van der Waals surface area contributed by atoms with E-state index in [0.717, 1.165) is 17.7 Å². The third-order valence-electron chi connectivity index (χ3n) is 6.47. The summed E-state index contributed by atoms with van der Waals surface area (Å²) in [5.74, 6) is -0.827. The lowest BCUT2D eigenvalue weighted by molar-refractivity contribution is -0.384. The number of imide groups is 1. The van der Waals surface area contributed by atoms with Crippen LogP contribution in [0.2, 0.25) is 0 Å². The molecule has 3 fully saturated rings. The van der Waals surface area contributed by atoms with Crippen molar-refractivity contribution in [2.24, 2.45) is 29.1 Å². The van der Waals surface area contributed by atoms with E-state index >= 15 is 0 Å². The van der Waals surface area contributed by atoms with E-state index in [1.165, 1.54) is 25.3 Å². The van der Waals surface area contributed by atoms with E-state index in [1.807, 2.05) is 0 Å². The number of nitro benzene ring substituents is 1. The van der Waals surface area contributed by atoms with Crippen LogP contribution < -0.4 is 9.64 Å². The molecule has 3 aliphatic carbocycles. The summed E-state index contributed by atoms with van der Waals surface area (Å²) in [5, 5.41) is 11.4. The van der Waals surface area contributed by atoms with Gasteiger partial charge < -0.3 is 4.74 Å². The number of carbonyl (C=O) groups is 2. The number of nitro groups is 1. The van der Waals surface area contributed by atoms with Crippen LogP contribution in [0.4, 0.5) is 11.4 Å². The molecule has 1 aromatic carbocycles. The lowest BCUT2D eigenvalue weighted by Crippen LogP contribution is -2.35. The summed E-state index contributed by atoms with van der Waals surface area (Å²) in [4.78, 5) is 38.0. The Morgan fingerprint density at radius 2 is 1.76 bits per heavy atom. The molecule has 1 aromatic rings. The maximum Gasteiger partial charge on any atom is 0.297 e. The summed E-state index contributed by atoms with van der Waals surface area (Å²) < 4.78 is 5.03. The minimum atomic E-state index is -0.582. The molecule has 1 saturated heterocycles. The van der Waals surface area contributed by atoms with Gasteiger partial charge in [-0.05, 0) is 42.2 Å². The quantitative estimate of drug-likeness (QED) is 0.364. The zero-order valence-electron chi connectivity index (χ0n) is 13.5. The minimum Gasteiger partial charge on any atom is -0.496 e. The molecule has 0 radical (unpaired) electrons. The molecule has 2 bridgehead atoms. The zero-order valence-corrected chi connectivity index (χ0v) is 13.5. The van der Waals surface area contributed by atoms with E-state index in [4.69, 9.17) is 4.74 Å². The molecule has 2 amide bonds. The molecule has 128 valence electrons. The van der Waals surface area contributed by atoms with Gasteiger partial charge in [-0.1, -0.05) is 12.2 Å². The van der Waals surface area contributed by atoms with Gasteiger partial charge >= 0.3 is 0 Å². The number of hydrogen-bond acceptors (Lipinski definition) is 5. The highest BCUT2D eigenvalue weighted by molar-refractivity contribution is 6.24. The number of rotatable bonds is 3. The maximum absolute atomic E-state index is 13.0. The van der Waals surface area contributed by atoms with E-state index in [2.05, 4.69) is 12.2 Å². The Hall–Kier alpha value is -2.70. The van der Waals surface area contributed by atoms with Crippen molar-refractivity contribution in [2.45, 2.75) is 12.8 Å². The fraction of sp³-hybridized carbons (Fsp3) is 0.444. The van der Waals surface area contributed by atoms with Gasteiger partial charge in [-0.2, -0.15) is 0 Å². The number of amides is 2. The highest BCUT2D eigenvalue weighted by atomic mass is 16.6. The molecule has 5 rings (SSSR count). The van der Waals surface area contributed by atoms with Gasteiger partial charge in [0.15, 0.2) is 0 Å². The van der Waals surface area contributed by atoms with Crippen LogP contribution in [-0.4, -0.2) is 23.8 Å². The molecule has 0 N–H and O–H groups in total. The van der Waals surface area contributed by atoms with Gasteiger partial charge in [0.2, 0.25) is 11.8 Å². The molecule has 0 unspecified atom stereocenters. The summed E-state index contributed by atoms with van der Waals surface area (Å²) in [5.41, 5.74) is -0.139. The summed E-state index contributed by atoms with van der Waals surface area (Å²) in [6.45, 7) is 0. The van der Waals surface area contributed by atoms with Crippen molar-refractivity contribution < 1.29 is 19.2 Å². The van der Waals surface area contributed by atoms with Gasteiger partial charge in [-0.25, -0.2) is 4.90 Å². The van der Waals surface area contributed by atoms with Crippen molar-refractivity contribution in [1.82, 2.24) is 0 Å². The Morgan fingerprint density at radius 1 is 1.16 bits per heavy atom. The Bertz CT molecular complexity index is 838.